The Balaban J connectivity index is 2.08. The average Bonchev–Trinajstić information content (AvgIpc) is 2.20. The second-order valence-corrected chi connectivity index (χ2v) is 4.61. The maximum atomic E-state index is 6.05. The first kappa shape index (κ1) is 11.6. The van der Waals surface area contributed by atoms with Gasteiger partial charge in [-0.2, -0.15) is 0 Å². The predicted molar refractivity (Wildman–Crippen MR) is 67.6 cm³/mol. The van der Waals surface area contributed by atoms with Crippen molar-refractivity contribution in [3.8, 4) is 5.75 Å². The monoisotopic (exact) mass is 240 g/mol. The molecular weight excluding hydrogens is 224 g/mol. The van der Waals surface area contributed by atoms with E-state index in [4.69, 9.17) is 16.3 Å². The predicted octanol–water partition coefficient (Wildman–Crippen LogP) is 2.29. The molecular formula is C12H17ClN2O. The van der Waals surface area contributed by atoms with Gasteiger partial charge in [-0.1, -0.05) is 11.6 Å². The molecule has 1 aliphatic rings. The fourth-order valence-electron chi connectivity index (χ4n) is 1.72. The van der Waals surface area contributed by atoms with Crippen LogP contribution in [0.25, 0.3) is 0 Å². The van der Waals surface area contributed by atoms with Gasteiger partial charge in [0, 0.05) is 36.6 Å². The van der Waals surface area contributed by atoms with Crippen molar-refractivity contribution < 1.29 is 4.74 Å². The minimum atomic E-state index is 0.723. The first-order chi connectivity index (χ1) is 7.70. The van der Waals surface area contributed by atoms with Crippen LogP contribution in [-0.2, 0) is 0 Å². The van der Waals surface area contributed by atoms with Crippen LogP contribution < -0.4 is 15.4 Å². The summed E-state index contributed by atoms with van der Waals surface area (Å²) in [7, 11) is 1.66. The molecule has 3 nitrogen and oxygen atoms in total. The van der Waals surface area contributed by atoms with Crippen LogP contribution in [0.5, 0.6) is 5.75 Å². The highest BCUT2D eigenvalue weighted by Gasteiger charge is 2.17. The molecule has 0 atom stereocenters. The first-order valence-corrected chi connectivity index (χ1v) is 5.87. The number of nitrogens with one attached hydrogen (secondary N) is 2. The van der Waals surface area contributed by atoms with Gasteiger partial charge in [-0.05, 0) is 18.6 Å². The number of benzene rings is 1. The normalized spacial score (nSPS) is 15.7. The molecule has 1 aliphatic heterocycles. The standard InChI is InChI=1S/C12H17ClN2O/c1-8-3-11(12(16-2)4-10(8)13)15-7-9-5-14-6-9/h3-4,9,14-15H,5-7H2,1-2H3. The minimum absolute atomic E-state index is 0.723. The molecule has 0 saturated carbocycles. The van der Waals surface area contributed by atoms with E-state index in [0.717, 1.165) is 47.6 Å². The van der Waals surface area contributed by atoms with Gasteiger partial charge < -0.3 is 15.4 Å². The molecule has 2 rings (SSSR count). The largest absolute Gasteiger partial charge is 0.495 e. The summed E-state index contributed by atoms with van der Waals surface area (Å²) < 4.78 is 5.30. The molecule has 1 aromatic rings. The lowest BCUT2D eigenvalue weighted by Crippen LogP contribution is -2.45. The highest BCUT2D eigenvalue weighted by Crippen LogP contribution is 2.31. The quantitative estimate of drug-likeness (QED) is 0.847. The number of methoxy groups -OCH3 is 1. The van der Waals surface area contributed by atoms with Gasteiger partial charge in [0.15, 0.2) is 0 Å². The summed E-state index contributed by atoms with van der Waals surface area (Å²) in [4.78, 5) is 0. The summed E-state index contributed by atoms with van der Waals surface area (Å²) in [5.41, 5.74) is 2.09. The maximum absolute atomic E-state index is 6.05. The molecule has 0 bridgehead atoms. The molecule has 0 aromatic heterocycles. The number of anilines is 1. The summed E-state index contributed by atoms with van der Waals surface area (Å²) >= 11 is 6.05. The third kappa shape index (κ3) is 2.42. The molecule has 0 amide bonds. The Labute approximate surface area is 101 Å². The smallest absolute Gasteiger partial charge is 0.143 e. The lowest BCUT2D eigenvalue weighted by atomic mass is 10.0. The zero-order chi connectivity index (χ0) is 11.5. The van der Waals surface area contributed by atoms with Crippen LogP contribution in [-0.4, -0.2) is 26.7 Å². The van der Waals surface area contributed by atoms with Crippen molar-refractivity contribution in [3.05, 3.63) is 22.7 Å². The molecule has 2 N–H and O–H groups in total. The van der Waals surface area contributed by atoms with E-state index in [1.807, 2.05) is 19.1 Å². The fraction of sp³-hybridized carbons (Fsp3) is 0.500. The zero-order valence-corrected chi connectivity index (χ0v) is 10.4. The van der Waals surface area contributed by atoms with Gasteiger partial charge in [0.05, 0.1) is 12.8 Å². The molecule has 0 radical (unpaired) electrons. The average molecular weight is 241 g/mol. The van der Waals surface area contributed by atoms with E-state index in [-0.39, 0.29) is 0 Å². The van der Waals surface area contributed by atoms with Crippen LogP contribution in [0.2, 0.25) is 5.02 Å². The molecule has 1 fully saturated rings. The molecule has 4 heteroatoms. The summed E-state index contributed by atoms with van der Waals surface area (Å²) in [6, 6.07) is 3.89. The van der Waals surface area contributed by atoms with Crippen molar-refractivity contribution >= 4 is 17.3 Å². The topological polar surface area (TPSA) is 33.3 Å². The number of hydrogen-bond donors (Lipinski definition) is 2. The van der Waals surface area contributed by atoms with Crippen LogP contribution in [0.15, 0.2) is 12.1 Å². The molecule has 0 aliphatic carbocycles. The zero-order valence-electron chi connectivity index (χ0n) is 9.64. The first-order valence-electron chi connectivity index (χ1n) is 5.49. The van der Waals surface area contributed by atoms with Crippen LogP contribution >= 0.6 is 11.6 Å². The minimum Gasteiger partial charge on any atom is -0.495 e. The van der Waals surface area contributed by atoms with Crippen LogP contribution in [0.3, 0.4) is 0 Å². The molecule has 0 unspecified atom stereocenters. The Morgan fingerprint density at radius 2 is 2.25 bits per heavy atom. The van der Waals surface area contributed by atoms with Gasteiger partial charge in [-0.3, -0.25) is 0 Å². The van der Waals surface area contributed by atoms with Gasteiger partial charge in [-0.15, -0.1) is 0 Å². The SMILES string of the molecule is COc1cc(Cl)c(C)cc1NCC1CNC1. The van der Waals surface area contributed by atoms with Crippen LogP contribution in [0.1, 0.15) is 5.56 Å². The third-order valence-corrected chi connectivity index (χ3v) is 3.34. The summed E-state index contributed by atoms with van der Waals surface area (Å²) in [6.07, 6.45) is 0. The Hall–Kier alpha value is -0.930. The van der Waals surface area contributed by atoms with Gasteiger partial charge >= 0.3 is 0 Å². The second kappa shape index (κ2) is 4.93. The highest BCUT2D eigenvalue weighted by atomic mass is 35.5. The lowest BCUT2D eigenvalue weighted by Gasteiger charge is -2.28. The highest BCUT2D eigenvalue weighted by molar-refractivity contribution is 6.31. The number of hydrogen-bond acceptors (Lipinski definition) is 3. The third-order valence-electron chi connectivity index (χ3n) is 2.93. The molecule has 1 aromatic carbocycles. The van der Waals surface area contributed by atoms with Crippen molar-refractivity contribution in [2.75, 3.05) is 32.1 Å². The molecule has 16 heavy (non-hydrogen) atoms. The van der Waals surface area contributed by atoms with E-state index in [9.17, 15) is 0 Å². The summed E-state index contributed by atoms with van der Waals surface area (Å²) in [5.74, 6) is 1.53. The van der Waals surface area contributed by atoms with Gasteiger partial charge in [0.2, 0.25) is 0 Å². The van der Waals surface area contributed by atoms with E-state index in [0.29, 0.717) is 0 Å². The van der Waals surface area contributed by atoms with Crippen molar-refractivity contribution in [2.45, 2.75) is 6.92 Å². The lowest BCUT2D eigenvalue weighted by molar-refractivity contribution is 0.364. The summed E-state index contributed by atoms with van der Waals surface area (Å²) in [6.45, 7) is 5.17. The van der Waals surface area contributed by atoms with Gasteiger partial charge in [0.1, 0.15) is 5.75 Å². The van der Waals surface area contributed by atoms with Crippen LogP contribution in [0.4, 0.5) is 5.69 Å². The molecule has 0 spiro atoms. The van der Waals surface area contributed by atoms with Crippen molar-refractivity contribution in [2.24, 2.45) is 5.92 Å². The second-order valence-electron chi connectivity index (χ2n) is 4.21. The van der Waals surface area contributed by atoms with Crippen LogP contribution in [0, 0.1) is 12.8 Å². The number of aryl methyl sites for hydroxylation is 1. The fourth-order valence-corrected chi connectivity index (χ4v) is 1.87. The Morgan fingerprint density at radius 3 is 2.81 bits per heavy atom. The van der Waals surface area contributed by atoms with E-state index >= 15 is 0 Å². The van der Waals surface area contributed by atoms with E-state index < -0.39 is 0 Å². The Bertz CT molecular complexity index is 378. The number of ether oxygens (including phenoxy) is 1. The van der Waals surface area contributed by atoms with E-state index in [1.54, 1.807) is 7.11 Å². The van der Waals surface area contributed by atoms with E-state index in [2.05, 4.69) is 10.6 Å². The van der Waals surface area contributed by atoms with Crippen molar-refractivity contribution in [1.29, 1.82) is 0 Å². The Kier molecular flexibility index (Phi) is 3.56. The number of rotatable bonds is 4. The summed E-state index contributed by atoms with van der Waals surface area (Å²) in [5, 5.41) is 7.41. The molecule has 1 heterocycles. The van der Waals surface area contributed by atoms with Crippen molar-refractivity contribution in [3.63, 3.8) is 0 Å². The van der Waals surface area contributed by atoms with Gasteiger partial charge in [0.25, 0.3) is 0 Å². The Morgan fingerprint density at radius 1 is 1.50 bits per heavy atom. The van der Waals surface area contributed by atoms with E-state index in [1.165, 1.54) is 0 Å². The van der Waals surface area contributed by atoms with Gasteiger partial charge in [-0.25, -0.2) is 0 Å². The van der Waals surface area contributed by atoms with Crippen molar-refractivity contribution in [1.82, 2.24) is 5.32 Å². The maximum Gasteiger partial charge on any atom is 0.143 e. The molecule has 1 saturated heterocycles. The number of halogens is 1. The molecule has 88 valence electrons.